The van der Waals surface area contributed by atoms with Gasteiger partial charge in [0.15, 0.2) is 34.9 Å². The Bertz CT molecular complexity index is 6120. The van der Waals surface area contributed by atoms with Crippen LogP contribution in [0.2, 0.25) is 0 Å². The number of hydrogen-bond acceptors (Lipinski definition) is 6. The second-order valence-electron chi connectivity index (χ2n) is 30.2. The standard InChI is InChI=1S/C104H78N8/c1-63-44-64(2)49-83(48-63)75-34-40-93-89(57-75)90-58-76(84-50-65(3)45-66(4)51-84)35-41-94(90)111(93)97-61-81(103-107-99(71-22-13-9-14-23-71)105-100(108-103)72-24-15-10-16-25-72)32-38-87(97)79-30-21-31-80(56-79)88-39-33-82(104-109-101(73-26-17-11-18-27-73)106-102(110-104)74-28-19-12-20-29-74)62-98(88)112-95-42-36-77(85-52-67(5)46-68(6)53-85)59-91(95)92-60-78(37-43-96(92)112)86-54-69(7)47-70(8)55-86/h9-62H,1-8H3. The molecule has 19 aromatic rings. The average molecular weight is 1440 g/mol. The molecule has 0 aliphatic carbocycles. The lowest BCUT2D eigenvalue weighted by molar-refractivity contribution is 1.07. The van der Waals surface area contributed by atoms with Crippen LogP contribution in [0.3, 0.4) is 0 Å². The maximum absolute atomic E-state index is 5.38. The summed E-state index contributed by atoms with van der Waals surface area (Å²) in [5, 5.41) is 4.57. The number of hydrogen-bond donors (Lipinski definition) is 0. The van der Waals surface area contributed by atoms with Gasteiger partial charge in [-0.25, -0.2) is 29.9 Å². The molecule has 534 valence electrons. The highest BCUT2D eigenvalue weighted by Crippen LogP contribution is 2.46. The molecule has 0 aliphatic heterocycles. The van der Waals surface area contributed by atoms with Crippen LogP contribution >= 0.6 is 0 Å². The normalized spacial score (nSPS) is 11.6. The molecule has 0 bridgehead atoms. The van der Waals surface area contributed by atoms with Crippen molar-refractivity contribution in [2.45, 2.75) is 55.4 Å². The van der Waals surface area contributed by atoms with Crippen LogP contribution in [0.1, 0.15) is 44.5 Å². The summed E-state index contributed by atoms with van der Waals surface area (Å²) in [5.41, 5.74) is 34.7. The Morgan fingerprint density at radius 2 is 0.384 bits per heavy atom. The Morgan fingerprint density at radius 3 is 0.634 bits per heavy atom. The molecule has 8 heteroatoms. The first kappa shape index (κ1) is 68.5. The number of aromatic nitrogens is 8. The van der Waals surface area contributed by atoms with Crippen LogP contribution in [-0.2, 0) is 0 Å². The first-order chi connectivity index (χ1) is 54.7. The van der Waals surface area contributed by atoms with E-state index in [0.717, 1.165) is 133 Å². The van der Waals surface area contributed by atoms with Crippen LogP contribution < -0.4 is 0 Å². The minimum atomic E-state index is 0.562. The van der Waals surface area contributed by atoms with Crippen LogP contribution in [0.4, 0.5) is 0 Å². The first-order valence-corrected chi connectivity index (χ1v) is 38.3. The summed E-state index contributed by atoms with van der Waals surface area (Å²) in [4.78, 5) is 31.8. The molecule has 4 heterocycles. The molecule has 0 spiro atoms. The van der Waals surface area contributed by atoms with Crippen LogP contribution in [0, 0.1) is 55.4 Å². The van der Waals surface area contributed by atoms with Gasteiger partial charge in [0.2, 0.25) is 0 Å². The molecule has 0 saturated heterocycles. The summed E-state index contributed by atoms with van der Waals surface area (Å²) in [5.74, 6) is 3.49. The van der Waals surface area contributed by atoms with Gasteiger partial charge < -0.3 is 9.13 Å². The van der Waals surface area contributed by atoms with Crippen LogP contribution in [-0.4, -0.2) is 39.0 Å². The van der Waals surface area contributed by atoms with Crippen LogP contribution in [0.25, 0.3) is 190 Å². The zero-order valence-electron chi connectivity index (χ0n) is 63.8. The lowest BCUT2D eigenvalue weighted by Crippen LogP contribution is -2.03. The second-order valence-corrected chi connectivity index (χ2v) is 30.2. The molecule has 0 N–H and O–H groups in total. The SMILES string of the molecule is Cc1cc(C)cc(-c2ccc3c(c2)c2cc(-c4cc(C)cc(C)c4)ccc2n3-c2cc(-c3nc(-c4ccccc4)nc(-c4ccccc4)n3)ccc2-c2cccc(-c3ccc(-c4nc(-c5ccccc5)nc(-c5ccccc5)n4)cc3-n3c4ccc(-c5cc(C)cc(C)c5)cc4c4cc(-c5cc(C)cc(C)c5)ccc43)c2)c1. The van der Waals surface area contributed by atoms with Gasteiger partial charge in [-0.2, -0.15) is 0 Å². The maximum Gasteiger partial charge on any atom is 0.164 e. The highest BCUT2D eigenvalue weighted by atomic mass is 15.1. The minimum absolute atomic E-state index is 0.562. The minimum Gasteiger partial charge on any atom is -0.309 e. The van der Waals surface area contributed by atoms with Crippen molar-refractivity contribution in [3.8, 4) is 146 Å². The Hall–Kier alpha value is -14.1. The van der Waals surface area contributed by atoms with Gasteiger partial charge >= 0.3 is 0 Å². The summed E-state index contributed by atoms with van der Waals surface area (Å²) in [6, 6.07) is 119. The fraction of sp³-hybridized carbons (Fsp3) is 0.0769. The van der Waals surface area contributed by atoms with Gasteiger partial charge in [-0.3, -0.25) is 0 Å². The van der Waals surface area contributed by atoms with Gasteiger partial charge in [-0.15, -0.1) is 0 Å². The van der Waals surface area contributed by atoms with E-state index in [1.165, 1.54) is 66.8 Å². The highest BCUT2D eigenvalue weighted by Gasteiger charge is 2.25. The fourth-order valence-corrected chi connectivity index (χ4v) is 16.8. The Labute approximate surface area is 652 Å². The summed E-state index contributed by atoms with van der Waals surface area (Å²) < 4.78 is 4.95. The smallest absolute Gasteiger partial charge is 0.164 e. The van der Waals surface area contributed by atoms with Gasteiger partial charge in [-0.05, 0) is 178 Å². The fourth-order valence-electron chi connectivity index (χ4n) is 16.8. The lowest BCUT2D eigenvalue weighted by atomic mass is 9.95. The second kappa shape index (κ2) is 28.2. The van der Waals surface area contributed by atoms with Crippen molar-refractivity contribution in [3.05, 3.63) is 372 Å². The van der Waals surface area contributed by atoms with E-state index < -0.39 is 0 Å². The molecule has 0 saturated carbocycles. The zero-order valence-corrected chi connectivity index (χ0v) is 63.8. The molecular weight excluding hydrogens is 1360 g/mol. The molecule has 8 nitrogen and oxygen atoms in total. The summed E-state index contributed by atoms with van der Waals surface area (Å²) in [6.07, 6.45) is 0. The predicted molar refractivity (Wildman–Crippen MR) is 465 cm³/mol. The van der Waals surface area contributed by atoms with E-state index in [1.807, 2.05) is 72.8 Å². The van der Waals surface area contributed by atoms with E-state index in [9.17, 15) is 0 Å². The number of aryl methyl sites for hydroxylation is 8. The van der Waals surface area contributed by atoms with Crippen molar-refractivity contribution >= 4 is 43.6 Å². The molecule has 0 unspecified atom stereocenters. The third-order valence-corrected chi connectivity index (χ3v) is 21.6. The molecule has 4 aromatic heterocycles. The van der Waals surface area contributed by atoms with Gasteiger partial charge in [0.1, 0.15) is 0 Å². The maximum atomic E-state index is 5.38. The van der Waals surface area contributed by atoms with Gasteiger partial charge in [-0.1, -0.05) is 305 Å². The van der Waals surface area contributed by atoms with E-state index in [4.69, 9.17) is 29.9 Å². The van der Waals surface area contributed by atoms with E-state index in [1.54, 1.807) is 0 Å². The van der Waals surface area contributed by atoms with Crippen molar-refractivity contribution in [1.29, 1.82) is 0 Å². The number of benzene rings is 15. The average Bonchev–Trinajstić information content (AvgIpc) is 1.57. The molecule has 0 amide bonds. The molecule has 0 fully saturated rings. The summed E-state index contributed by atoms with van der Waals surface area (Å²) >= 11 is 0. The van der Waals surface area contributed by atoms with E-state index in [-0.39, 0.29) is 0 Å². The molecule has 19 rings (SSSR count). The number of nitrogens with zero attached hydrogens (tertiary/aromatic N) is 8. The van der Waals surface area contributed by atoms with E-state index in [0.29, 0.717) is 34.9 Å². The van der Waals surface area contributed by atoms with Crippen molar-refractivity contribution in [2.75, 3.05) is 0 Å². The quantitative estimate of drug-likeness (QED) is 0.108. The van der Waals surface area contributed by atoms with Crippen LogP contribution in [0.5, 0.6) is 0 Å². The molecular formula is C104H78N8. The van der Waals surface area contributed by atoms with Gasteiger partial charge in [0, 0.05) is 66.1 Å². The van der Waals surface area contributed by atoms with E-state index in [2.05, 4.69) is 319 Å². The van der Waals surface area contributed by atoms with Crippen molar-refractivity contribution in [3.63, 3.8) is 0 Å². The highest BCUT2D eigenvalue weighted by molar-refractivity contribution is 6.14. The third-order valence-electron chi connectivity index (χ3n) is 21.6. The number of fused-ring (bicyclic) bond motifs is 6. The largest absolute Gasteiger partial charge is 0.309 e. The zero-order chi connectivity index (χ0) is 75.8. The molecule has 112 heavy (non-hydrogen) atoms. The third kappa shape index (κ3) is 13.0. The predicted octanol–water partition coefficient (Wildman–Crippen LogP) is 26.7. The van der Waals surface area contributed by atoms with Crippen molar-refractivity contribution in [1.82, 2.24) is 39.0 Å². The molecule has 0 radical (unpaired) electrons. The first-order valence-electron chi connectivity index (χ1n) is 38.3. The van der Waals surface area contributed by atoms with Gasteiger partial charge in [0.25, 0.3) is 0 Å². The molecule has 0 atom stereocenters. The van der Waals surface area contributed by atoms with Gasteiger partial charge in [0.05, 0.1) is 33.4 Å². The topological polar surface area (TPSA) is 87.2 Å². The summed E-state index contributed by atoms with van der Waals surface area (Å²) in [6.45, 7) is 17.5. The Kier molecular flexibility index (Phi) is 17.2. The van der Waals surface area contributed by atoms with Crippen molar-refractivity contribution < 1.29 is 0 Å². The molecule has 0 aliphatic rings. The Morgan fingerprint density at radius 1 is 0.161 bits per heavy atom. The number of rotatable bonds is 14. The van der Waals surface area contributed by atoms with E-state index >= 15 is 0 Å². The monoisotopic (exact) mass is 1440 g/mol. The Balaban J connectivity index is 0.872. The molecule has 15 aromatic carbocycles. The lowest BCUT2D eigenvalue weighted by Gasteiger charge is -2.19. The van der Waals surface area contributed by atoms with Crippen molar-refractivity contribution in [2.24, 2.45) is 0 Å². The van der Waals surface area contributed by atoms with Crippen LogP contribution in [0.15, 0.2) is 328 Å². The summed E-state index contributed by atoms with van der Waals surface area (Å²) in [7, 11) is 0.